The number of aliphatic hydroxyl groups is 1. The van der Waals surface area contributed by atoms with Crippen molar-refractivity contribution >= 4 is 40.8 Å². The van der Waals surface area contributed by atoms with Crippen molar-refractivity contribution in [2.75, 3.05) is 12.3 Å². The van der Waals surface area contributed by atoms with Crippen molar-refractivity contribution in [3.63, 3.8) is 0 Å². The normalized spacial score (nSPS) is 34.7. The molecular formula is C36H48N2O5S2. The molecule has 2 N–H and O–H groups in total. The standard InChI is InChI=1S/C36H48N2O5S2/c1-8-34(6)18-27(35(7)22(2)14-16-36(23(3)30(34)41)17-15-25(39)29(35)36)43-28(40)20-44-33(4,5)21-38-31(42)26-19-37-32(45-26)24-12-10-9-11-13-24/h8-13,19,22-23,27,29-30,41H,1,14-18,20-21H2,2-7H3,(H,38,42)/t22-,23+,27-,29+,30+,34-,35+,36+/m1/s1. The maximum atomic E-state index is 13.6. The zero-order chi connectivity index (χ0) is 32.8. The number of thiazole rings is 1. The number of Topliss-reactive ketones (excluding diaryl/α,β-unsaturated/α-hetero) is 1. The van der Waals surface area contributed by atoms with Gasteiger partial charge < -0.3 is 15.2 Å². The molecule has 2 bridgehead atoms. The Labute approximate surface area is 276 Å². The summed E-state index contributed by atoms with van der Waals surface area (Å²) >= 11 is 2.78. The monoisotopic (exact) mass is 652 g/mol. The second-order valence-electron chi connectivity index (χ2n) is 14.7. The van der Waals surface area contributed by atoms with Gasteiger partial charge in [-0.1, -0.05) is 64.1 Å². The van der Waals surface area contributed by atoms with Gasteiger partial charge in [0.2, 0.25) is 0 Å². The van der Waals surface area contributed by atoms with Gasteiger partial charge in [-0.25, -0.2) is 4.98 Å². The molecule has 1 amide bonds. The van der Waals surface area contributed by atoms with Crippen LogP contribution in [0.4, 0.5) is 0 Å². The molecule has 3 fully saturated rings. The molecule has 0 spiro atoms. The Balaban J connectivity index is 1.26. The van der Waals surface area contributed by atoms with E-state index in [0.717, 1.165) is 29.8 Å². The Morgan fingerprint density at radius 2 is 1.93 bits per heavy atom. The molecule has 0 saturated heterocycles. The number of rotatable bonds is 9. The number of benzene rings is 1. The number of nitrogens with one attached hydrogen (secondary N) is 1. The number of aromatic nitrogens is 1. The quantitative estimate of drug-likeness (QED) is 0.223. The van der Waals surface area contributed by atoms with E-state index < -0.39 is 27.8 Å². The summed E-state index contributed by atoms with van der Waals surface area (Å²) in [5, 5.41) is 15.5. The van der Waals surface area contributed by atoms with Gasteiger partial charge in [-0.3, -0.25) is 14.4 Å². The highest BCUT2D eigenvalue weighted by Crippen LogP contribution is 2.68. The lowest BCUT2D eigenvalue weighted by Crippen LogP contribution is -2.63. The van der Waals surface area contributed by atoms with Crippen LogP contribution in [0.15, 0.2) is 49.2 Å². The van der Waals surface area contributed by atoms with Crippen LogP contribution >= 0.6 is 23.1 Å². The SMILES string of the molecule is C=C[C@]1(C)C[C@@H](OC(=O)CSC(C)(C)CNC(=O)c2cnc(-c3ccccc3)s2)[C@]2(C)[C@H](C)CC[C@]3(CCC(=O)[C@H]32)[C@@H](C)[C@@H]1O. The molecule has 2 aromatic rings. The smallest absolute Gasteiger partial charge is 0.316 e. The minimum atomic E-state index is -0.693. The molecule has 244 valence electrons. The highest BCUT2D eigenvalue weighted by atomic mass is 32.2. The topological polar surface area (TPSA) is 106 Å². The summed E-state index contributed by atoms with van der Waals surface area (Å²) in [6.45, 7) is 16.9. The number of ether oxygens (including phenoxy) is 1. The number of carbonyl (C=O) groups is 3. The number of aliphatic hydroxyl groups excluding tert-OH is 1. The van der Waals surface area contributed by atoms with Gasteiger partial charge in [0.15, 0.2) is 0 Å². The summed E-state index contributed by atoms with van der Waals surface area (Å²) in [7, 11) is 0. The Bertz CT molecular complexity index is 1440. The lowest BCUT2D eigenvalue weighted by atomic mass is 9.44. The van der Waals surface area contributed by atoms with E-state index in [4.69, 9.17) is 4.74 Å². The number of hydrogen-bond donors (Lipinski definition) is 2. The molecule has 3 aliphatic rings. The lowest BCUT2D eigenvalue weighted by molar-refractivity contribution is -0.205. The van der Waals surface area contributed by atoms with Crippen LogP contribution in [0, 0.1) is 34.0 Å². The number of esters is 1. The Morgan fingerprint density at radius 1 is 1.22 bits per heavy atom. The summed E-state index contributed by atoms with van der Waals surface area (Å²) in [6.07, 6.45) is 5.72. The lowest BCUT2D eigenvalue weighted by Gasteiger charge is -2.61. The fraction of sp³-hybridized carbons (Fsp3) is 0.611. The Kier molecular flexibility index (Phi) is 9.49. The first-order valence-corrected chi connectivity index (χ1v) is 17.9. The zero-order valence-corrected chi connectivity index (χ0v) is 29.1. The predicted octanol–water partition coefficient (Wildman–Crippen LogP) is 6.96. The van der Waals surface area contributed by atoms with Crippen LogP contribution in [0.3, 0.4) is 0 Å². The van der Waals surface area contributed by atoms with Gasteiger partial charge in [-0.2, -0.15) is 0 Å². The summed E-state index contributed by atoms with van der Waals surface area (Å²) < 4.78 is 5.95. The Morgan fingerprint density at radius 3 is 2.62 bits per heavy atom. The third-order valence-electron chi connectivity index (χ3n) is 11.6. The van der Waals surface area contributed by atoms with E-state index in [0.29, 0.717) is 24.3 Å². The first kappa shape index (κ1) is 33.9. The molecule has 0 radical (unpaired) electrons. The Hall–Kier alpha value is -2.49. The first-order chi connectivity index (χ1) is 21.2. The zero-order valence-electron chi connectivity index (χ0n) is 27.4. The fourth-order valence-electron chi connectivity index (χ4n) is 8.47. The molecule has 3 saturated carbocycles. The van der Waals surface area contributed by atoms with Crippen LogP contribution < -0.4 is 5.32 Å². The average molecular weight is 653 g/mol. The van der Waals surface area contributed by atoms with E-state index in [2.05, 4.69) is 37.7 Å². The van der Waals surface area contributed by atoms with Crippen LogP contribution in [0.5, 0.6) is 0 Å². The molecule has 1 aromatic carbocycles. The number of hydrogen-bond acceptors (Lipinski definition) is 8. The van der Waals surface area contributed by atoms with Gasteiger partial charge in [-0.15, -0.1) is 29.7 Å². The van der Waals surface area contributed by atoms with E-state index in [9.17, 15) is 19.5 Å². The molecule has 0 unspecified atom stereocenters. The van der Waals surface area contributed by atoms with Crippen molar-refractivity contribution in [2.24, 2.45) is 34.0 Å². The highest BCUT2D eigenvalue weighted by molar-refractivity contribution is 8.01. The molecule has 0 aliphatic heterocycles. The number of nitrogens with zero attached hydrogens (tertiary/aromatic N) is 1. The number of ketones is 1. The molecule has 7 nitrogen and oxygen atoms in total. The van der Waals surface area contributed by atoms with Crippen LogP contribution in [-0.4, -0.2) is 57.0 Å². The molecule has 9 heteroatoms. The summed E-state index contributed by atoms with van der Waals surface area (Å²) in [5.74, 6) is -0.323. The van der Waals surface area contributed by atoms with Crippen molar-refractivity contribution in [3.05, 3.63) is 54.1 Å². The minimum Gasteiger partial charge on any atom is -0.461 e. The molecule has 45 heavy (non-hydrogen) atoms. The van der Waals surface area contributed by atoms with Crippen LogP contribution in [0.2, 0.25) is 0 Å². The molecule has 5 rings (SSSR count). The molecular weight excluding hydrogens is 605 g/mol. The van der Waals surface area contributed by atoms with E-state index in [1.807, 2.05) is 57.2 Å². The highest BCUT2D eigenvalue weighted by Gasteiger charge is 2.68. The maximum Gasteiger partial charge on any atom is 0.316 e. The van der Waals surface area contributed by atoms with Crippen molar-refractivity contribution in [1.82, 2.24) is 10.3 Å². The molecule has 3 aliphatic carbocycles. The number of thioether (sulfide) groups is 1. The van der Waals surface area contributed by atoms with Gasteiger partial charge in [-0.05, 0) is 56.8 Å². The second-order valence-corrected chi connectivity index (χ2v) is 17.4. The van der Waals surface area contributed by atoms with Gasteiger partial charge in [0.05, 0.1) is 18.1 Å². The fourth-order valence-corrected chi connectivity index (χ4v) is 10.1. The van der Waals surface area contributed by atoms with Crippen molar-refractivity contribution < 1.29 is 24.2 Å². The van der Waals surface area contributed by atoms with Crippen LogP contribution in [0.1, 0.15) is 83.3 Å². The van der Waals surface area contributed by atoms with E-state index >= 15 is 0 Å². The third kappa shape index (κ3) is 6.17. The van der Waals surface area contributed by atoms with Crippen molar-refractivity contribution in [3.8, 4) is 10.6 Å². The summed E-state index contributed by atoms with van der Waals surface area (Å²) in [4.78, 5) is 45.1. The first-order valence-electron chi connectivity index (χ1n) is 16.1. The second kappa shape index (κ2) is 12.6. The largest absolute Gasteiger partial charge is 0.461 e. The number of amides is 1. The van der Waals surface area contributed by atoms with Gasteiger partial charge >= 0.3 is 5.97 Å². The molecule has 8 atom stereocenters. The van der Waals surface area contributed by atoms with Crippen LogP contribution in [-0.2, 0) is 14.3 Å². The molecule has 1 heterocycles. The van der Waals surface area contributed by atoms with Gasteiger partial charge in [0.25, 0.3) is 5.91 Å². The van der Waals surface area contributed by atoms with E-state index in [1.54, 1.807) is 6.20 Å². The molecule has 1 aromatic heterocycles. The summed E-state index contributed by atoms with van der Waals surface area (Å²) in [5.41, 5.74) is -0.541. The van der Waals surface area contributed by atoms with E-state index in [1.165, 1.54) is 23.1 Å². The summed E-state index contributed by atoms with van der Waals surface area (Å²) in [6, 6.07) is 9.76. The minimum absolute atomic E-state index is 0.0677. The van der Waals surface area contributed by atoms with Crippen molar-refractivity contribution in [2.45, 2.75) is 90.6 Å². The average Bonchev–Trinajstić information content (AvgIpc) is 3.66. The van der Waals surface area contributed by atoms with E-state index in [-0.39, 0.29) is 46.6 Å². The maximum absolute atomic E-state index is 13.6. The van der Waals surface area contributed by atoms with Gasteiger partial charge in [0, 0.05) is 40.0 Å². The van der Waals surface area contributed by atoms with Crippen LogP contribution in [0.25, 0.3) is 10.6 Å². The number of carbonyl (C=O) groups excluding carboxylic acids is 3. The third-order valence-corrected chi connectivity index (χ3v) is 13.9. The van der Waals surface area contributed by atoms with Crippen molar-refractivity contribution in [1.29, 1.82) is 0 Å². The van der Waals surface area contributed by atoms with Gasteiger partial charge in [0.1, 0.15) is 21.8 Å². The predicted molar refractivity (Wildman–Crippen MR) is 181 cm³/mol.